The topological polar surface area (TPSA) is 38.3 Å². The largest absolute Gasteiger partial charge is 0.484 e. The second-order valence-electron chi connectivity index (χ2n) is 5.49. The summed E-state index contributed by atoms with van der Waals surface area (Å²) in [4.78, 5) is 11.9. The molecule has 0 radical (unpaired) electrons. The van der Waals surface area contributed by atoms with Crippen molar-refractivity contribution in [3.05, 3.63) is 76.8 Å². The lowest BCUT2D eigenvalue weighted by atomic mass is 10.1. The van der Waals surface area contributed by atoms with Crippen molar-refractivity contribution in [1.29, 1.82) is 0 Å². The van der Waals surface area contributed by atoms with Gasteiger partial charge < -0.3 is 10.1 Å². The van der Waals surface area contributed by atoms with Crippen LogP contribution in [0.4, 0.5) is 0 Å². The van der Waals surface area contributed by atoms with Crippen LogP contribution in [0.2, 0.25) is 0 Å². The molecule has 122 valence electrons. The monoisotopic (exact) mass is 383 g/mol. The van der Waals surface area contributed by atoms with Crippen molar-refractivity contribution >= 4 is 32.6 Å². The first-order valence-corrected chi connectivity index (χ1v) is 8.63. The van der Waals surface area contributed by atoms with Crippen LogP contribution in [-0.4, -0.2) is 19.1 Å². The highest BCUT2D eigenvalue weighted by Crippen LogP contribution is 2.20. The fourth-order valence-corrected chi connectivity index (χ4v) is 2.98. The van der Waals surface area contributed by atoms with E-state index in [4.69, 9.17) is 4.74 Å². The average Bonchev–Trinajstić information content (AvgIpc) is 2.61. The summed E-state index contributed by atoms with van der Waals surface area (Å²) in [6, 6.07) is 21.9. The van der Waals surface area contributed by atoms with E-state index in [-0.39, 0.29) is 12.5 Å². The Labute approximate surface area is 149 Å². The lowest BCUT2D eigenvalue weighted by molar-refractivity contribution is -0.123. The third-order valence-corrected chi connectivity index (χ3v) is 4.54. The van der Waals surface area contributed by atoms with Crippen molar-refractivity contribution in [3.63, 3.8) is 0 Å². The number of rotatable bonds is 6. The smallest absolute Gasteiger partial charge is 0.257 e. The predicted octanol–water partition coefficient (Wildman–Crippen LogP) is 4.34. The van der Waals surface area contributed by atoms with Crippen molar-refractivity contribution in [3.8, 4) is 5.75 Å². The molecule has 3 rings (SSSR count). The predicted molar refractivity (Wildman–Crippen MR) is 100 cm³/mol. The molecule has 0 heterocycles. The van der Waals surface area contributed by atoms with Gasteiger partial charge in [-0.3, -0.25) is 4.79 Å². The molecule has 0 saturated carbocycles. The molecule has 0 atom stereocenters. The molecular weight excluding hydrogens is 366 g/mol. The van der Waals surface area contributed by atoms with Gasteiger partial charge in [0.1, 0.15) is 5.75 Å². The summed E-state index contributed by atoms with van der Waals surface area (Å²) in [6.45, 7) is 0.608. The maximum absolute atomic E-state index is 11.9. The Morgan fingerprint density at radius 1 is 0.958 bits per heavy atom. The van der Waals surface area contributed by atoms with Gasteiger partial charge in [0.2, 0.25) is 0 Å². The van der Waals surface area contributed by atoms with Crippen molar-refractivity contribution in [1.82, 2.24) is 5.32 Å². The molecule has 1 N–H and O–H groups in total. The Balaban J connectivity index is 1.47. The van der Waals surface area contributed by atoms with Crippen molar-refractivity contribution in [2.24, 2.45) is 0 Å². The Kier molecular flexibility index (Phi) is 5.49. The van der Waals surface area contributed by atoms with Crippen LogP contribution in [0.5, 0.6) is 5.75 Å². The Morgan fingerprint density at radius 2 is 1.71 bits per heavy atom. The van der Waals surface area contributed by atoms with E-state index < -0.39 is 0 Å². The van der Waals surface area contributed by atoms with Crippen LogP contribution in [0.3, 0.4) is 0 Å². The number of ether oxygens (including phenoxy) is 1. The quantitative estimate of drug-likeness (QED) is 0.687. The summed E-state index contributed by atoms with van der Waals surface area (Å²) in [7, 11) is 0. The van der Waals surface area contributed by atoms with Gasteiger partial charge in [-0.2, -0.15) is 0 Å². The lowest BCUT2D eigenvalue weighted by Gasteiger charge is -2.09. The van der Waals surface area contributed by atoms with E-state index in [1.165, 1.54) is 5.56 Å². The molecule has 24 heavy (non-hydrogen) atoms. The number of halogens is 1. The lowest BCUT2D eigenvalue weighted by Crippen LogP contribution is -2.30. The molecule has 0 aliphatic heterocycles. The minimum atomic E-state index is -0.116. The third kappa shape index (κ3) is 4.36. The standard InChI is InChI=1S/C20H18BrNO2/c21-19-8-4-3-6-16(19)11-12-22-20(23)14-24-18-10-9-15-5-1-2-7-17(15)13-18/h1-10,13H,11-12,14H2,(H,22,23). The molecule has 0 aliphatic rings. The number of hydrogen-bond donors (Lipinski definition) is 1. The maximum atomic E-state index is 11.9. The molecule has 0 fully saturated rings. The normalized spacial score (nSPS) is 10.5. The van der Waals surface area contributed by atoms with Gasteiger partial charge in [-0.25, -0.2) is 0 Å². The van der Waals surface area contributed by atoms with Crippen LogP contribution in [0.1, 0.15) is 5.56 Å². The van der Waals surface area contributed by atoms with Crippen LogP contribution in [0.15, 0.2) is 71.2 Å². The average molecular weight is 384 g/mol. The third-order valence-electron chi connectivity index (χ3n) is 3.77. The van der Waals surface area contributed by atoms with Crippen LogP contribution >= 0.6 is 15.9 Å². The number of carbonyl (C=O) groups is 1. The highest BCUT2D eigenvalue weighted by atomic mass is 79.9. The molecular formula is C20H18BrNO2. The van der Waals surface area contributed by atoms with E-state index in [2.05, 4.69) is 21.2 Å². The highest BCUT2D eigenvalue weighted by Gasteiger charge is 2.04. The Hall–Kier alpha value is -2.33. The van der Waals surface area contributed by atoms with E-state index in [0.29, 0.717) is 12.3 Å². The van der Waals surface area contributed by atoms with E-state index >= 15 is 0 Å². The van der Waals surface area contributed by atoms with Gasteiger partial charge in [0.25, 0.3) is 5.91 Å². The molecule has 3 aromatic rings. The molecule has 0 unspecified atom stereocenters. The second-order valence-corrected chi connectivity index (χ2v) is 6.34. The molecule has 0 saturated heterocycles. The summed E-state index contributed by atoms with van der Waals surface area (Å²) in [5.74, 6) is 0.588. The first kappa shape index (κ1) is 16.5. The summed E-state index contributed by atoms with van der Waals surface area (Å²) in [5, 5.41) is 5.14. The molecule has 0 aromatic heterocycles. The van der Waals surface area contributed by atoms with Gasteiger partial charge in [-0.1, -0.05) is 64.5 Å². The second kappa shape index (κ2) is 7.97. The van der Waals surface area contributed by atoms with Crippen LogP contribution in [0, 0.1) is 0 Å². The molecule has 0 spiro atoms. The van der Waals surface area contributed by atoms with Crippen LogP contribution in [-0.2, 0) is 11.2 Å². The molecule has 0 bridgehead atoms. The maximum Gasteiger partial charge on any atom is 0.257 e. The number of benzene rings is 3. The number of nitrogens with one attached hydrogen (secondary N) is 1. The summed E-state index contributed by atoms with van der Waals surface area (Å²) in [5.41, 5.74) is 1.17. The van der Waals surface area contributed by atoms with Crippen molar-refractivity contribution in [2.45, 2.75) is 6.42 Å². The minimum absolute atomic E-state index is 0.0221. The molecule has 3 nitrogen and oxygen atoms in total. The molecule has 1 amide bonds. The summed E-state index contributed by atoms with van der Waals surface area (Å²) >= 11 is 3.51. The van der Waals surface area contributed by atoms with Gasteiger partial charge in [0, 0.05) is 11.0 Å². The molecule has 0 aliphatic carbocycles. The number of amides is 1. The fraction of sp³-hybridized carbons (Fsp3) is 0.150. The van der Waals surface area contributed by atoms with Gasteiger partial charge >= 0.3 is 0 Å². The zero-order chi connectivity index (χ0) is 16.8. The van der Waals surface area contributed by atoms with E-state index in [9.17, 15) is 4.79 Å². The van der Waals surface area contributed by atoms with Crippen molar-refractivity contribution in [2.75, 3.05) is 13.2 Å². The zero-order valence-electron chi connectivity index (χ0n) is 13.2. The highest BCUT2D eigenvalue weighted by molar-refractivity contribution is 9.10. The Bertz CT molecular complexity index is 848. The fourth-order valence-electron chi connectivity index (χ4n) is 2.49. The van der Waals surface area contributed by atoms with E-state index in [1.807, 2.05) is 66.7 Å². The number of hydrogen-bond acceptors (Lipinski definition) is 2. The van der Waals surface area contributed by atoms with Crippen LogP contribution < -0.4 is 10.1 Å². The zero-order valence-corrected chi connectivity index (χ0v) is 14.8. The summed E-state index contributed by atoms with van der Waals surface area (Å²) < 4.78 is 6.64. The van der Waals surface area contributed by atoms with Gasteiger partial charge in [-0.05, 0) is 41.0 Å². The number of carbonyl (C=O) groups excluding carboxylic acids is 1. The first-order chi connectivity index (χ1) is 11.7. The Morgan fingerprint density at radius 3 is 2.54 bits per heavy atom. The van der Waals surface area contributed by atoms with Crippen LogP contribution in [0.25, 0.3) is 10.8 Å². The number of fused-ring (bicyclic) bond motifs is 1. The molecule has 4 heteroatoms. The van der Waals surface area contributed by atoms with E-state index in [0.717, 1.165) is 21.7 Å². The van der Waals surface area contributed by atoms with E-state index in [1.54, 1.807) is 0 Å². The SMILES string of the molecule is O=C(COc1ccc2ccccc2c1)NCCc1ccccc1Br. The van der Waals surface area contributed by atoms with Gasteiger partial charge in [0.05, 0.1) is 0 Å². The first-order valence-electron chi connectivity index (χ1n) is 7.84. The minimum Gasteiger partial charge on any atom is -0.484 e. The van der Waals surface area contributed by atoms with Gasteiger partial charge in [-0.15, -0.1) is 0 Å². The summed E-state index contributed by atoms with van der Waals surface area (Å²) in [6.07, 6.45) is 0.781. The van der Waals surface area contributed by atoms with Crippen molar-refractivity contribution < 1.29 is 9.53 Å². The van der Waals surface area contributed by atoms with Gasteiger partial charge in [0.15, 0.2) is 6.61 Å². The molecule has 3 aromatic carbocycles.